The van der Waals surface area contributed by atoms with Gasteiger partial charge in [-0.1, -0.05) is 84.8 Å². The third-order valence-electron chi connectivity index (χ3n) is 7.36. The van der Waals surface area contributed by atoms with Crippen molar-refractivity contribution in [1.29, 1.82) is 0 Å². The molecule has 1 amide bonds. The zero-order valence-corrected chi connectivity index (χ0v) is 26.8. The summed E-state index contributed by atoms with van der Waals surface area (Å²) < 4.78 is 17.9. The number of amides is 1. The molecule has 2 aliphatic rings. The SMILES string of the molecule is CCCCCOc1cccc([C@H]2C(=C(O)c3ccc4c(c3)OCCO4)C(=O)C(=O)N2c2nnc(SCc3ccccc3Cl)s2)c1. The minimum Gasteiger partial charge on any atom is -0.507 e. The lowest BCUT2D eigenvalue weighted by atomic mass is 9.95. The van der Waals surface area contributed by atoms with E-state index in [2.05, 4.69) is 17.1 Å². The van der Waals surface area contributed by atoms with Gasteiger partial charge in [-0.3, -0.25) is 14.5 Å². The summed E-state index contributed by atoms with van der Waals surface area (Å²) in [5.41, 5.74) is 1.78. The van der Waals surface area contributed by atoms with Crippen LogP contribution in [0, 0.1) is 0 Å². The second-order valence-electron chi connectivity index (χ2n) is 10.4. The molecule has 0 bridgehead atoms. The van der Waals surface area contributed by atoms with Crippen LogP contribution in [0.4, 0.5) is 5.13 Å². The maximum Gasteiger partial charge on any atom is 0.301 e. The summed E-state index contributed by atoms with van der Waals surface area (Å²) in [5, 5.41) is 21.1. The molecular weight excluding hydrogens is 634 g/mol. The van der Waals surface area contributed by atoms with E-state index in [1.807, 2.05) is 30.3 Å². The fraction of sp³-hybridized carbons (Fsp3) is 0.273. The van der Waals surface area contributed by atoms with E-state index >= 15 is 0 Å². The first-order valence-corrected chi connectivity index (χ1v) is 16.8. The van der Waals surface area contributed by atoms with Crippen LogP contribution in [0.5, 0.6) is 17.2 Å². The summed E-state index contributed by atoms with van der Waals surface area (Å²) >= 11 is 8.95. The van der Waals surface area contributed by atoms with E-state index in [-0.39, 0.29) is 16.5 Å². The fourth-order valence-electron chi connectivity index (χ4n) is 5.12. The van der Waals surface area contributed by atoms with Gasteiger partial charge in [0.1, 0.15) is 24.7 Å². The number of carbonyl (C=O) groups excluding carboxylic acids is 2. The monoisotopic (exact) mass is 663 g/mol. The number of anilines is 1. The first-order chi connectivity index (χ1) is 21.9. The molecule has 1 fully saturated rings. The van der Waals surface area contributed by atoms with Crippen molar-refractivity contribution in [3.8, 4) is 17.2 Å². The normalized spacial score (nSPS) is 17.1. The molecule has 3 aromatic carbocycles. The number of rotatable bonds is 11. The molecule has 0 aliphatic carbocycles. The Morgan fingerprint density at radius 2 is 1.87 bits per heavy atom. The number of thioether (sulfide) groups is 1. The van der Waals surface area contributed by atoms with Crippen molar-refractivity contribution in [3.05, 3.63) is 94.0 Å². The van der Waals surface area contributed by atoms with Gasteiger partial charge in [0.25, 0.3) is 5.78 Å². The number of aliphatic hydroxyl groups is 1. The summed E-state index contributed by atoms with van der Waals surface area (Å²) in [4.78, 5) is 28.7. The number of aromatic nitrogens is 2. The number of halogens is 1. The lowest BCUT2D eigenvalue weighted by molar-refractivity contribution is -0.132. The van der Waals surface area contributed by atoms with Crippen molar-refractivity contribution >= 4 is 57.3 Å². The molecule has 45 heavy (non-hydrogen) atoms. The van der Waals surface area contributed by atoms with Crippen molar-refractivity contribution in [2.24, 2.45) is 0 Å². The molecule has 1 atom stereocenters. The van der Waals surface area contributed by atoms with Crippen LogP contribution in [0.1, 0.15) is 48.9 Å². The van der Waals surface area contributed by atoms with Crippen LogP contribution < -0.4 is 19.1 Å². The quantitative estimate of drug-likeness (QED) is 0.0437. The fourth-order valence-corrected chi connectivity index (χ4v) is 7.27. The van der Waals surface area contributed by atoms with Crippen LogP contribution in [0.15, 0.2) is 76.6 Å². The molecule has 6 rings (SSSR count). The zero-order valence-electron chi connectivity index (χ0n) is 24.4. The summed E-state index contributed by atoms with van der Waals surface area (Å²) in [6.45, 7) is 3.44. The van der Waals surface area contributed by atoms with Gasteiger partial charge in [-0.15, -0.1) is 10.2 Å². The Morgan fingerprint density at radius 3 is 2.69 bits per heavy atom. The Labute approximate surface area is 273 Å². The molecule has 0 radical (unpaired) electrons. The van der Waals surface area contributed by atoms with Crippen LogP contribution in [-0.4, -0.2) is 46.8 Å². The van der Waals surface area contributed by atoms with Gasteiger partial charge in [0.05, 0.1) is 18.2 Å². The molecular formula is C33H30ClN3O6S2. The number of Topliss-reactive ketones (excluding diaryl/α,β-unsaturated/α-hetero) is 1. The van der Waals surface area contributed by atoms with Gasteiger partial charge in [-0.2, -0.15) is 0 Å². The van der Waals surface area contributed by atoms with Gasteiger partial charge in [0.2, 0.25) is 5.13 Å². The Balaban J connectivity index is 1.38. The number of unbranched alkanes of at least 4 members (excludes halogenated alkanes) is 2. The second-order valence-corrected chi connectivity index (χ2v) is 13.0. The average Bonchev–Trinajstić information content (AvgIpc) is 3.64. The number of carbonyl (C=O) groups is 2. The molecule has 2 aliphatic heterocycles. The molecule has 3 heterocycles. The summed E-state index contributed by atoms with van der Waals surface area (Å²) in [5.74, 6) is 0.167. The molecule has 9 nitrogen and oxygen atoms in total. The van der Waals surface area contributed by atoms with Crippen LogP contribution in [-0.2, 0) is 15.3 Å². The molecule has 4 aromatic rings. The third kappa shape index (κ3) is 6.66. The highest BCUT2D eigenvalue weighted by atomic mass is 35.5. The van der Waals surface area contributed by atoms with E-state index in [9.17, 15) is 14.7 Å². The number of aliphatic hydroxyl groups excluding tert-OH is 1. The van der Waals surface area contributed by atoms with Gasteiger partial charge in [-0.25, -0.2) is 0 Å². The number of hydrogen-bond acceptors (Lipinski definition) is 10. The number of hydrogen-bond donors (Lipinski definition) is 1. The second kappa shape index (κ2) is 13.9. The smallest absolute Gasteiger partial charge is 0.301 e. The van der Waals surface area contributed by atoms with E-state index in [0.29, 0.717) is 63.3 Å². The molecule has 232 valence electrons. The predicted molar refractivity (Wildman–Crippen MR) is 175 cm³/mol. The van der Waals surface area contributed by atoms with E-state index in [1.54, 1.807) is 36.4 Å². The van der Waals surface area contributed by atoms with Crippen molar-refractivity contribution < 1.29 is 28.9 Å². The van der Waals surface area contributed by atoms with Gasteiger partial charge in [0, 0.05) is 16.3 Å². The van der Waals surface area contributed by atoms with Crippen LogP contribution in [0.25, 0.3) is 5.76 Å². The van der Waals surface area contributed by atoms with Crippen molar-refractivity contribution in [3.63, 3.8) is 0 Å². The summed E-state index contributed by atoms with van der Waals surface area (Å²) in [7, 11) is 0. The van der Waals surface area contributed by atoms with Crippen LogP contribution in [0.2, 0.25) is 5.02 Å². The van der Waals surface area contributed by atoms with E-state index in [4.69, 9.17) is 25.8 Å². The van der Waals surface area contributed by atoms with Crippen molar-refractivity contribution in [2.45, 2.75) is 42.3 Å². The number of nitrogens with zero attached hydrogens (tertiary/aromatic N) is 3. The summed E-state index contributed by atoms with van der Waals surface area (Å²) in [6.07, 6.45) is 3.02. The van der Waals surface area contributed by atoms with Crippen molar-refractivity contribution in [2.75, 3.05) is 24.7 Å². The maximum absolute atomic E-state index is 13.7. The lowest BCUT2D eigenvalue weighted by Gasteiger charge is -2.23. The minimum absolute atomic E-state index is 0.0692. The summed E-state index contributed by atoms with van der Waals surface area (Å²) in [6, 6.07) is 18.7. The van der Waals surface area contributed by atoms with Crippen LogP contribution >= 0.6 is 34.7 Å². The number of fused-ring (bicyclic) bond motifs is 1. The van der Waals surface area contributed by atoms with Crippen molar-refractivity contribution in [1.82, 2.24) is 10.2 Å². The molecule has 1 saturated heterocycles. The molecule has 0 spiro atoms. The molecule has 1 N–H and O–H groups in total. The Hall–Kier alpha value is -4.06. The number of ether oxygens (including phenoxy) is 3. The molecule has 12 heteroatoms. The molecule has 1 aromatic heterocycles. The van der Waals surface area contributed by atoms with Crippen LogP contribution in [0.3, 0.4) is 0 Å². The van der Waals surface area contributed by atoms with Gasteiger partial charge < -0.3 is 19.3 Å². The number of benzene rings is 3. The topological polar surface area (TPSA) is 111 Å². The highest BCUT2D eigenvalue weighted by molar-refractivity contribution is 8.00. The zero-order chi connectivity index (χ0) is 31.3. The third-order valence-corrected chi connectivity index (χ3v) is 9.83. The predicted octanol–water partition coefficient (Wildman–Crippen LogP) is 7.45. The first-order valence-electron chi connectivity index (χ1n) is 14.6. The Bertz CT molecular complexity index is 1760. The van der Waals surface area contributed by atoms with Gasteiger partial charge in [-0.05, 0) is 53.9 Å². The molecule has 0 saturated carbocycles. The maximum atomic E-state index is 13.7. The minimum atomic E-state index is -0.980. The number of ketones is 1. The molecule has 0 unspecified atom stereocenters. The highest BCUT2D eigenvalue weighted by Gasteiger charge is 2.48. The highest BCUT2D eigenvalue weighted by Crippen LogP contribution is 2.45. The van der Waals surface area contributed by atoms with E-state index in [0.717, 1.165) is 24.8 Å². The average molecular weight is 664 g/mol. The lowest BCUT2D eigenvalue weighted by Crippen LogP contribution is -2.29. The largest absolute Gasteiger partial charge is 0.507 e. The Kier molecular flexibility index (Phi) is 9.58. The standard InChI is InChI=1S/C33H30ClN3O6S2/c1-2-3-6-14-41-23-10-7-9-20(17-23)28-27(29(38)21-12-13-25-26(18-21)43-16-15-42-25)30(39)31(40)37(28)32-35-36-33(45-32)44-19-22-8-4-5-11-24(22)34/h4-5,7-13,17-18,28,38H,2-3,6,14-16,19H2,1H3/t28-/m0/s1. The van der Waals surface area contributed by atoms with Gasteiger partial charge in [0.15, 0.2) is 15.8 Å². The van der Waals surface area contributed by atoms with E-state index < -0.39 is 17.7 Å². The van der Waals surface area contributed by atoms with Gasteiger partial charge >= 0.3 is 5.91 Å². The first kappa shape index (κ1) is 30.9. The Morgan fingerprint density at radius 1 is 1.04 bits per heavy atom. The van der Waals surface area contributed by atoms with E-state index in [1.165, 1.54) is 28.0 Å².